The van der Waals surface area contributed by atoms with E-state index in [9.17, 15) is 18.3 Å². The number of aromatic hydroxyl groups is 1. The first kappa shape index (κ1) is 26.1. The quantitative estimate of drug-likeness (QED) is 0.136. The van der Waals surface area contributed by atoms with Crippen LogP contribution < -0.4 is 10.6 Å². The van der Waals surface area contributed by atoms with Crippen LogP contribution in [0.1, 0.15) is 43.2 Å². The largest absolute Gasteiger partial charge is 0.508 e. The molecule has 4 rings (SSSR count). The number of rotatable bonds is 7. The zero-order chi connectivity index (χ0) is 26.4. The van der Waals surface area contributed by atoms with E-state index in [1.807, 2.05) is 6.07 Å². The van der Waals surface area contributed by atoms with Gasteiger partial charge in [-0.1, -0.05) is 37.3 Å². The summed E-state index contributed by atoms with van der Waals surface area (Å²) in [7, 11) is -4.10. The SMILES string of the molecule is CC1CC(Cc2ccccc2)CC(c2cc(O)ccc2NC(=O)Nc2ccc(S(=O)(=O)N=[N+]=[N-])cc2)C1. The summed E-state index contributed by atoms with van der Waals surface area (Å²) in [5.74, 6) is 1.35. The third-order valence-corrected chi connectivity index (χ3v) is 7.84. The maximum absolute atomic E-state index is 12.8. The Labute approximate surface area is 216 Å². The van der Waals surface area contributed by atoms with Crippen LogP contribution in [0, 0.1) is 11.8 Å². The molecule has 0 spiro atoms. The van der Waals surface area contributed by atoms with Gasteiger partial charge in [0.15, 0.2) is 0 Å². The van der Waals surface area contributed by atoms with E-state index in [1.165, 1.54) is 29.8 Å². The zero-order valence-electron chi connectivity index (χ0n) is 20.4. The number of benzene rings is 3. The van der Waals surface area contributed by atoms with Gasteiger partial charge in [-0.3, -0.25) is 0 Å². The van der Waals surface area contributed by atoms with Crippen molar-refractivity contribution in [2.45, 2.75) is 43.4 Å². The molecule has 0 saturated heterocycles. The summed E-state index contributed by atoms with van der Waals surface area (Å²) in [6.45, 7) is 2.25. The van der Waals surface area contributed by atoms with Crippen molar-refractivity contribution in [2.24, 2.45) is 16.4 Å². The summed E-state index contributed by atoms with van der Waals surface area (Å²) >= 11 is 0. The number of hydrogen-bond acceptors (Lipinski definition) is 4. The lowest BCUT2D eigenvalue weighted by molar-refractivity contribution is 0.251. The normalized spacial score (nSPS) is 19.4. The minimum Gasteiger partial charge on any atom is -0.508 e. The van der Waals surface area contributed by atoms with Gasteiger partial charge in [0.2, 0.25) is 0 Å². The lowest BCUT2D eigenvalue weighted by Gasteiger charge is -2.34. The van der Waals surface area contributed by atoms with E-state index in [2.05, 4.69) is 51.3 Å². The van der Waals surface area contributed by atoms with Crippen molar-refractivity contribution in [1.82, 2.24) is 0 Å². The Morgan fingerprint density at radius 2 is 1.76 bits per heavy atom. The van der Waals surface area contributed by atoms with E-state index in [4.69, 9.17) is 5.53 Å². The Morgan fingerprint density at radius 3 is 2.46 bits per heavy atom. The molecule has 0 radical (unpaired) electrons. The summed E-state index contributed by atoms with van der Waals surface area (Å²) in [6.07, 6.45) is 4.06. The third-order valence-electron chi connectivity index (χ3n) is 6.68. The van der Waals surface area contributed by atoms with Gasteiger partial charge in [-0.25, -0.2) is 13.2 Å². The molecule has 1 fully saturated rings. The van der Waals surface area contributed by atoms with E-state index in [1.54, 1.807) is 18.2 Å². The molecule has 0 aromatic heterocycles. The van der Waals surface area contributed by atoms with Crippen LogP contribution in [0.2, 0.25) is 0 Å². The second kappa shape index (κ2) is 11.4. The monoisotopic (exact) mass is 519 g/mol. The van der Waals surface area contributed by atoms with Gasteiger partial charge < -0.3 is 15.7 Å². The minimum atomic E-state index is -4.10. The van der Waals surface area contributed by atoms with Crippen LogP contribution in [0.5, 0.6) is 5.75 Å². The number of carbonyl (C=O) groups is 1. The molecule has 0 heterocycles. The van der Waals surface area contributed by atoms with E-state index >= 15 is 0 Å². The first-order valence-electron chi connectivity index (χ1n) is 12.1. The van der Waals surface area contributed by atoms with Crippen LogP contribution in [0.25, 0.3) is 10.4 Å². The number of phenolic OH excluding ortho intramolecular Hbond substituents is 1. The maximum atomic E-state index is 12.8. The van der Waals surface area contributed by atoms with Crippen molar-refractivity contribution >= 4 is 27.4 Å². The second-order valence-electron chi connectivity index (χ2n) is 9.59. The highest BCUT2D eigenvalue weighted by molar-refractivity contribution is 7.90. The fourth-order valence-corrected chi connectivity index (χ4v) is 5.88. The first-order chi connectivity index (χ1) is 17.7. The van der Waals surface area contributed by atoms with Crippen molar-refractivity contribution < 1.29 is 18.3 Å². The molecule has 3 aromatic rings. The molecule has 0 bridgehead atoms. The standard InChI is InChI=1S/C27H29N5O4S/c1-18-13-20(15-19-5-3-2-4-6-19)16-21(14-18)25-17-23(33)9-12-26(25)30-27(34)29-22-7-10-24(11-8-22)37(35,36)32-31-28/h2-12,17-18,20-21,33H,13-16H2,1H3,(H2,29,30,34). The number of nitrogens with zero attached hydrogens (tertiary/aromatic N) is 3. The summed E-state index contributed by atoms with van der Waals surface area (Å²) in [6, 6.07) is 20.2. The van der Waals surface area contributed by atoms with Crippen LogP contribution in [-0.4, -0.2) is 19.6 Å². The Hall–Kier alpha value is -4.01. The minimum absolute atomic E-state index is 0.149. The summed E-state index contributed by atoms with van der Waals surface area (Å²) in [5, 5.41) is 15.8. The molecule has 37 heavy (non-hydrogen) atoms. The smallest absolute Gasteiger partial charge is 0.323 e. The highest BCUT2D eigenvalue weighted by Crippen LogP contribution is 2.43. The van der Waals surface area contributed by atoms with Crippen molar-refractivity contribution in [3.63, 3.8) is 0 Å². The number of hydrogen-bond donors (Lipinski definition) is 3. The van der Waals surface area contributed by atoms with Gasteiger partial charge >= 0.3 is 6.03 Å². The number of sulfonamides is 1. The molecule has 3 N–H and O–H groups in total. The molecule has 1 saturated carbocycles. The number of carbonyl (C=O) groups excluding carboxylic acids is 1. The fraction of sp³-hybridized carbons (Fsp3) is 0.296. The lowest BCUT2D eigenvalue weighted by atomic mass is 9.71. The molecule has 10 heteroatoms. The van der Waals surface area contributed by atoms with Gasteiger partial charge in [-0.05, 0) is 103 Å². The maximum Gasteiger partial charge on any atom is 0.323 e. The Balaban J connectivity index is 1.48. The molecule has 192 valence electrons. The molecule has 3 aromatic carbocycles. The lowest BCUT2D eigenvalue weighted by Crippen LogP contribution is -2.24. The molecule has 3 unspecified atom stereocenters. The highest BCUT2D eigenvalue weighted by Gasteiger charge is 2.29. The predicted octanol–water partition coefficient (Wildman–Crippen LogP) is 6.80. The van der Waals surface area contributed by atoms with E-state index in [-0.39, 0.29) is 16.6 Å². The van der Waals surface area contributed by atoms with E-state index in [0.717, 1.165) is 31.2 Å². The van der Waals surface area contributed by atoms with Crippen LogP contribution in [-0.2, 0) is 16.4 Å². The summed E-state index contributed by atoms with van der Waals surface area (Å²) in [5.41, 5.74) is 11.6. The predicted molar refractivity (Wildman–Crippen MR) is 143 cm³/mol. The average Bonchev–Trinajstić information content (AvgIpc) is 2.85. The van der Waals surface area contributed by atoms with Crippen molar-refractivity contribution in [2.75, 3.05) is 10.6 Å². The molecule has 2 amide bonds. The van der Waals surface area contributed by atoms with Gasteiger partial charge in [0, 0.05) is 20.8 Å². The van der Waals surface area contributed by atoms with Crippen molar-refractivity contribution in [1.29, 1.82) is 0 Å². The number of azide groups is 1. The van der Waals surface area contributed by atoms with Gasteiger partial charge in [0.05, 0.1) is 4.90 Å². The van der Waals surface area contributed by atoms with E-state index in [0.29, 0.717) is 23.2 Å². The van der Waals surface area contributed by atoms with Gasteiger partial charge in [-0.2, -0.15) is 0 Å². The Bertz CT molecular complexity index is 1400. The highest BCUT2D eigenvalue weighted by atomic mass is 32.2. The topological polar surface area (TPSA) is 144 Å². The molecular formula is C27H29N5O4S. The number of urea groups is 1. The van der Waals surface area contributed by atoms with Gasteiger partial charge in [-0.15, -0.1) is 0 Å². The molecule has 1 aliphatic carbocycles. The first-order valence-corrected chi connectivity index (χ1v) is 13.5. The number of phenols is 1. The number of anilines is 2. The van der Waals surface area contributed by atoms with Crippen molar-refractivity contribution in [3.05, 3.63) is 94.4 Å². The van der Waals surface area contributed by atoms with Crippen LogP contribution in [0.15, 0.2) is 82.2 Å². The molecule has 3 atom stereocenters. The molecule has 1 aliphatic rings. The zero-order valence-corrected chi connectivity index (χ0v) is 21.2. The molecule has 9 nitrogen and oxygen atoms in total. The summed E-state index contributed by atoms with van der Waals surface area (Å²) in [4.78, 5) is 14.9. The van der Waals surface area contributed by atoms with Gasteiger partial charge in [0.1, 0.15) is 5.75 Å². The summed E-state index contributed by atoms with van der Waals surface area (Å²) < 4.78 is 26.5. The van der Waals surface area contributed by atoms with E-state index < -0.39 is 16.1 Å². The Kier molecular flexibility index (Phi) is 8.01. The molecular weight excluding hydrogens is 490 g/mol. The fourth-order valence-electron chi connectivity index (χ4n) is 5.21. The number of nitrogens with one attached hydrogen (secondary N) is 2. The second-order valence-corrected chi connectivity index (χ2v) is 11.2. The number of amides is 2. The van der Waals surface area contributed by atoms with Crippen molar-refractivity contribution in [3.8, 4) is 5.75 Å². The van der Waals surface area contributed by atoms with Crippen LogP contribution in [0.4, 0.5) is 16.2 Å². The molecule has 0 aliphatic heterocycles. The third kappa shape index (κ3) is 6.81. The Morgan fingerprint density at radius 1 is 1.03 bits per heavy atom. The average molecular weight is 520 g/mol. The van der Waals surface area contributed by atoms with Crippen LogP contribution in [0.3, 0.4) is 0 Å². The van der Waals surface area contributed by atoms with Gasteiger partial charge in [0.25, 0.3) is 10.0 Å². The van der Waals surface area contributed by atoms with Crippen LogP contribution >= 0.6 is 0 Å².